The van der Waals surface area contributed by atoms with Gasteiger partial charge >= 0.3 is 0 Å². The molecule has 1 amide bonds. The number of piperidine rings is 1. The molecule has 7 nitrogen and oxygen atoms in total. The highest BCUT2D eigenvalue weighted by atomic mass is 32.2. The lowest BCUT2D eigenvalue weighted by molar-refractivity contribution is -0.139. The van der Waals surface area contributed by atoms with Crippen LogP contribution in [0.1, 0.15) is 12.8 Å². The van der Waals surface area contributed by atoms with Crippen LogP contribution in [0.3, 0.4) is 0 Å². The molecular weight excluding hydrogens is 386 g/mol. The highest BCUT2D eigenvalue weighted by molar-refractivity contribution is 7.91. The van der Waals surface area contributed by atoms with Crippen molar-refractivity contribution in [2.24, 2.45) is 5.92 Å². The first kappa shape index (κ1) is 18.6. The number of para-hydroxylation sites is 1. The van der Waals surface area contributed by atoms with Crippen molar-refractivity contribution in [3.05, 3.63) is 18.2 Å². The summed E-state index contributed by atoms with van der Waals surface area (Å²) in [6.07, 6.45) is 3.01. The maximum atomic E-state index is 12.8. The third kappa shape index (κ3) is 3.81. The van der Waals surface area contributed by atoms with Crippen LogP contribution >= 0.6 is 11.3 Å². The predicted octanol–water partition coefficient (Wildman–Crippen LogP) is 1.78. The molecule has 1 aromatic heterocycles. The molecule has 2 aliphatic rings. The van der Waals surface area contributed by atoms with Crippen molar-refractivity contribution >= 4 is 42.4 Å². The fourth-order valence-corrected chi connectivity index (χ4v) is 5.67. The van der Waals surface area contributed by atoms with Gasteiger partial charge < -0.3 is 14.5 Å². The number of nitrogens with zero attached hydrogens (tertiary/aromatic N) is 3. The molecule has 27 heavy (non-hydrogen) atoms. The molecule has 1 atom stereocenters. The molecule has 2 aliphatic heterocycles. The lowest BCUT2D eigenvalue weighted by Crippen LogP contribution is -2.48. The molecule has 0 spiro atoms. The van der Waals surface area contributed by atoms with Crippen molar-refractivity contribution in [2.45, 2.75) is 17.7 Å². The number of amides is 1. The van der Waals surface area contributed by atoms with Crippen LogP contribution in [0.2, 0.25) is 0 Å². The summed E-state index contributed by atoms with van der Waals surface area (Å²) in [6.45, 7) is 4.00. The Hall–Kier alpha value is -1.71. The standard InChI is InChI=1S/C18H23N3O4S2/c1-27(23,24)15-6-2-5-14-16(15)19-18(26-14)21-7-3-4-13(12-21)17(22)20-8-10-25-11-9-20/h2,5-6,13H,3-4,7-12H2,1H3. The van der Waals surface area contributed by atoms with Crippen LogP contribution in [0.4, 0.5) is 5.13 Å². The Morgan fingerprint density at radius 3 is 2.78 bits per heavy atom. The summed E-state index contributed by atoms with van der Waals surface area (Å²) in [5.41, 5.74) is 0.529. The van der Waals surface area contributed by atoms with Crippen LogP contribution in [0.15, 0.2) is 23.1 Å². The molecule has 0 saturated carbocycles. The molecule has 1 aromatic carbocycles. The highest BCUT2D eigenvalue weighted by Crippen LogP contribution is 2.34. The Bertz CT molecular complexity index is 951. The number of fused-ring (bicyclic) bond motifs is 1. The number of sulfone groups is 1. The van der Waals surface area contributed by atoms with Crippen LogP contribution in [0, 0.1) is 5.92 Å². The number of morpholine rings is 1. The monoisotopic (exact) mass is 409 g/mol. The first-order valence-corrected chi connectivity index (χ1v) is 11.9. The molecule has 1 unspecified atom stereocenters. The number of thiazole rings is 1. The number of hydrogen-bond donors (Lipinski definition) is 0. The Morgan fingerprint density at radius 1 is 1.26 bits per heavy atom. The van der Waals surface area contributed by atoms with Crippen molar-refractivity contribution in [3.63, 3.8) is 0 Å². The molecule has 4 rings (SSSR count). The van der Waals surface area contributed by atoms with Crippen LogP contribution in [-0.4, -0.2) is 69.9 Å². The van der Waals surface area contributed by atoms with E-state index in [0.717, 1.165) is 29.2 Å². The fourth-order valence-electron chi connectivity index (χ4n) is 3.74. The number of carbonyl (C=O) groups is 1. The molecule has 3 heterocycles. The van der Waals surface area contributed by atoms with Crippen LogP contribution < -0.4 is 4.90 Å². The number of anilines is 1. The van der Waals surface area contributed by atoms with E-state index in [-0.39, 0.29) is 16.7 Å². The first-order valence-electron chi connectivity index (χ1n) is 9.14. The summed E-state index contributed by atoms with van der Waals surface area (Å²) in [4.78, 5) is 21.8. The second-order valence-corrected chi connectivity index (χ2v) is 10.1. The lowest BCUT2D eigenvalue weighted by Gasteiger charge is -2.36. The molecule has 0 aliphatic carbocycles. The Kier molecular flexibility index (Phi) is 5.09. The van der Waals surface area contributed by atoms with Crippen molar-refractivity contribution in [1.82, 2.24) is 9.88 Å². The van der Waals surface area contributed by atoms with Gasteiger partial charge in [-0.15, -0.1) is 0 Å². The van der Waals surface area contributed by atoms with Gasteiger partial charge in [-0.3, -0.25) is 4.79 Å². The minimum atomic E-state index is -3.33. The second-order valence-electron chi connectivity index (χ2n) is 7.09. The number of aromatic nitrogens is 1. The SMILES string of the molecule is CS(=O)(=O)c1cccc2sc(N3CCCC(C(=O)N4CCOCC4)C3)nc12. The van der Waals surface area contributed by atoms with Gasteiger partial charge in [-0.05, 0) is 25.0 Å². The Labute approximate surface area is 162 Å². The quantitative estimate of drug-likeness (QED) is 0.769. The van der Waals surface area contributed by atoms with Crippen LogP contribution in [0.5, 0.6) is 0 Å². The minimum absolute atomic E-state index is 0.0433. The van der Waals surface area contributed by atoms with Crippen molar-refractivity contribution in [2.75, 3.05) is 50.5 Å². The summed E-state index contributed by atoms with van der Waals surface area (Å²) in [5.74, 6) is 0.152. The summed E-state index contributed by atoms with van der Waals surface area (Å²) < 4.78 is 30.3. The van der Waals surface area contributed by atoms with Crippen molar-refractivity contribution in [1.29, 1.82) is 0 Å². The van der Waals surface area contributed by atoms with Gasteiger partial charge in [0.2, 0.25) is 5.91 Å². The summed E-state index contributed by atoms with van der Waals surface area (Å²) >= 11 is 1.49. The molecule has 0 N–H and O–H groups in total. The largest absolute Gasteiger partial charge is 0.378 e. The van der Waals surface area contributed by atoms with Gasteiger partial charge in [0.1, 0.15) is 5.52 Å². The third-order valence-electron chi connectivity index (χ3n) is 5.13. The zero-order valence-electron chi connectivity index (χ0n) is 15.3. The minimum Gasteiger partial charge on any atom is -0.378 e. The van der Waals surface area contributed by atoms with E-state index in [1.54, 1.807) is 12.1 Å². The van der Waals surface area contributed by atoms with Crippen molar-refractivity contribution < 1.29 is 17.9 Å². The number of rotatable bonds is 3. The lowest BCUT2D eigenvalue weighted by atomic mass is 9.96. The molecule has 2 saturated heterocycles. The van der Waals surface area contributed by atoms with Gasteiger partial charge in [-0.1, -0.05) is 17.4 Å². The Balaban J connectivity index is 1.57. The summed E-state index contributed by atoms with van der Waals surface area (Å²) in [7, 11) is -3.33. The van der Waals surface area contributed by atoms with Gasteiger partial charge in [0.05, 0.1) is 28.7 Å². The zero-order chi connectivity index (χ0) is 19.0. The van der Waals surface area contributed by atoms with E-state index in [0.29, 0.717) is 38.4 Å². The topological polar surface area (TPSA) is 79.8 Å². The number of carbonyl (C=O) groups excluding carboxylic acids is 1. The molecular formula is C18H23N3O4S2. The molecule has 0 bridgehead atoms. The van der Waals surface area contributed by atoms with Gasteiger partial charge in [0.15, 0.2) is 15.0 Å². The summed E-state index contributed by atoms with van der Waals surface area (Å²) in [5, 5.41) is 0.792. The molecule has 2 aromatic rings. The van der Waals surface area contributed by atoms with E-state index in [9.17, 15) is 13.2 Å². The fraction of sp³-hybridized carbons (Fsp3) is 0.556. The van der Waals surface area contributed by atoms with Crippen molar-refractivity contribution in [3.8, 4) is 0 Å². The predicted molar refractivity (Wildman–Crippen MR) is 105 cm³/mol. The molecule has 2 fully saturated rings. The van der Waals surface area contributed by atoms with Gasteiger partial charge in [0.25, 0.3) is 0 Å². The average molecular weight is 410 g/mol. The number of benzene rings is 1. The molecule has 9 heteroatoms. The maximum absolute atomic E-state index is 12.8. The second kappa shape index (κ2) is 7.37. The number of hydrogen-bond acceptors (Lipinski definition) is 7. The van der Waals surface area contributed by atoms with E-state index < -0.39 is 9.84 Å². The van der Waals surface area contributed by atoms with E-state index in [2.05, 4.69) is 9.88 Å². The van der Waals surface area contributed by atoms with E-state index in [1.165, 1.54) is 17.6 Å². The van der Waals surface area contributed by atoms with Crippen LogP contribution in [-0.2, 0) is 19.4 Å². The third-order valence-corrected chi connectivity index (χ3v) is 7.34. The normalized spacial score (nSPS) is 21.6. The van der Waals surface area contributed by atoms with E-state index in [1.807, 2.05) is 11.0 Å². The highest BCUT2D eigenvalue weighted by Gasteiger charge is 2.31. The van der Waals surface area contributed by atoms with E-state index in [4.69, 9.17) is 4.74 Å². The van der Waals surface area contributed by atoms with Gasteiger partial charge in [-0.2, -0.15) is 0 Å². The van der Waals surface area contributed by atoms with Gasteiger partial charge in [0, 0.05) is 32.4 Å². The molecule has 146 valence electrons. The smallest absolute Gasteiger partial charge is 0.227 e. The number of ether oxygens (including phenoxy) is 1. The zero-order valence-corrected chi connectivity index (χ0v) is 16.9. The maximum Gasteiger partial charge on any atom is 0.227 e. The summed E-state index contributed by atoms with van der Waals surface area (Å²) in [6, 6.07) is 5.25. The Morgan fingerprint density at radius 2 is 2.04 bits per heavy atom. The molecule has 0 radical (unpaired) electrons. The van der Waals surface area contributed by atoms with Gasteiger partial charge in [-0.25, -0.2) is 13.4 Å². The van der Waals surface area contributed by atoms with E-state index >= 15 is 0 Å². The van der Waals surface area contributed by atoms with Crippen LogP contribution in [0.25, 0.3) is 10.2 Å². The first-order chi connectivity index (χ1) is 12.9. The average Bonchev–Trinajstić information content (AvgIpc) is 3.11.